The highest BCUT2D eigenvalue weighted by molar-refractivity contribution is 7.51. The maximum Gasteiger partial charge on any atom is 0.325 e. The molecule has 0 unspecified atom stereocenters. The summed E-state index contributed by atoms with van der Waals surface area (Å²) in [6.45, 7) is 0.269. The lowest BCUT2D eigenvalue weighted by atomic mass is 10.1. The Morgan fingerprint density at radius 3 is 2.52 bits per heavy atom. The second-order valence-electron chi connectivity index (χ2n) is 4.65. The summed E-state index contributed by atoms with van der Waals surface area (Å²) < 4.78 is 10.6. The van der Waals surface area contributed by atoms with Crippen molar-refractivity contribution in [3.63, 3.8) is 0 Å². The number of aliphatic hydroxyl groups is 2. The second-order valence-corrected chi connectivity index (χ2v) is 6.42. The van der Waals surface area contributed by atoms with Gasteiger partial charge in [-0.25, -0.2) is 0 Å². The van der Waals surface area contributed by atoms with Gasteiger partial charge < -0.3 is 24.8 Å². The van der Waals surface area contributed by atoms with Gasteiger partial charge in [0, 0.05) is 6.42 Å². The van der Waals surface area contributed by atoms with Crippen molar-refractivity contribution in [2.75, 3.05) is 6.16 Å². The van der Waals surface area contributed by atoms with Crippen LogP contribution in [-0.4, -0.2) is 44.6 Å². The normalized spacial score (nSPS) is 15.0. The first-order valence-electron chi connectivity index (χ1n) is 6.47. The van der Waals surface area contributed by atoms with E-state index < -0.39 is 26.0 Å². The largest absolute Gasteiger partial charge is 0.393 e. The van der Waals surface area contributed by atoms with E-state index >= 15 is 0 Å². The van der Waals surface area contributed by atoms with Crippen LogP contribution in [0.25, 0.3) is 0 Å². The van der Waals surface area contributed by atoms with Crippen LogP contribution in [0.1, 0.15) is 18.4 Å². The Morgan fingerprint density at radius 1 is 1.24 bits per heavy atom. The molecule has 0 saturated heterocycles. The molecule has 0 amide bonds. The molecule has 0 aliphatic carbocycles. The molecule has 0 aliphatic rings. The third kappa shape index (κ3) is 9.33. The molecule has 0 radical (unpaired) electrons. The fourth-order valence-electron chi connectivity index (χ4n) is 1.57. The second kappa shape index (κ2) is 8.92. The van der Waals surface area contributed by atoms with E-state index in [1.807, 2.05) is 30.3 Å². The predicted octanol–water partition coefficient (Wildman–Crippen LogP) is 0.869. The van der Waals surface area contributed by atoms with E-state index in [0.29, 0.717) is 0 Å². The molecule has 1 aromatic carbocycles. The van der Waals surface area contributed by atoms with Crippen molar-refractivity contribution in [3.8, 4) is 0 Å². The third-order valence-corrected chi connectivity index (χ3v) is 3.49. The van der Waals surface area contributed by atoms with Crippen molar-refractivity contribution in [2.45, 2.75) is 31.7 Å². The van der Waals surface area contributed by atoms with E-state index in [9.17, 15) is 14.8 Å². The molecule has 0 aliphatic heterocycles. The predicted molar refractivity (Wildman–Crippen MR) is 77.9 cm³/mol. The highest BCUT2D eigenvalue weighted by Gasteiger charge is 2.17. The number of benzene rings is 1. The number of aliphatic hydroxyl groups excluding tert-OH is 2. The first-order chi connectivity index (χ1) is 9.87. The molecule has 1 rings (SSSR count). The van der Waals surface area contributed by atoms with E-state index in [-0.39, 0.29) is 19.4 Å². The molecule has 7 nitrogen and oxygen atoms in total. The van der Waals surface area contributed by atoms with E-state index in [2.05, 4.69) is 5.16 Å². The average Bonchev–Trinajstić information content (AvgIpc) is 2.42. The van der Waals surface area contributed by atoms with E-state index in [1.54, 1.807) is 0 Å². The molecule has 0 fully saturated rings. The minimum atomic E-state index is -4.12. The average molecular weight is 317 g/mol. The molecule has 2 atom stereocenters. The highest BCUT2D eigenvalue weighted by Crippen LogP contribution is 2.35. The maximum atomic E-state index is 10.6. The van der Waals surface area contributed by atoms with Crippen molar-refractivity contribution >= 4 is 13.8 Å². The van der Waals surface area contributed by atoms with Gasteiger partial charge in [-0.3, -0.25) is 4.57 Å². The Morgan fingerprint density at radius 2 is 1.90 bits per heavy atom. The summed E-state index contributed by atoms with van der Waals surface area (Å²) in [5, 5.41) is 22.7. The van der Waals surface area contributed by atoms with Crippen LogP contribution in [0.4, 0.5) is 0 Å². The molecule has 4 N–H and O–H groups in total. The summed E-state index contributed by atoms with van der Waals surface area (Å²) in [5.74, 6) is 0. The minimum absolute atomic E-state index is 0.0573. The van der Waals surface area contributed by atoms with Gasteiger partial charge in [0.25, 0.3) is 0 Å². The fraction of sp³-hybridized carbons (Fsp3) is 0.462. The molecule has 0 bridgehead atoms. The molecule has 0 heterocycles. The number of nitrogens with zero attached hydrogens (tertiary/aromatic N) is 1. The van der Waals surface area contributed by atoms with Crippen molar-refractivity contribution in [2.24, 2.45) is 5.16 Å². The third-order valence-electron chi connectivity index (χ3n) is 2.65. The van der Waals surface area contributed by atoms with Crippen LogP contribution in [0, 0.1) is 0 Å². The van der Waals surface area contributed by atoms with Crippen molar-refractivity contribution in [3.05, 3.63) is 35.9 Å². The van der Waals surface area contributed by atoms with Gasteiger partial charge in [0.15, 0.2) is 0 Å². The van der Waals surface area contributed by atoms with Gasteiger partial charge in [-0.15, -0.1) is 0 Å². The van der Waals surface area contributed by atoms with E-state index in [1.165, 1.54) is 0 Å². The number of hydrogen-bond donors (Lipinski definition) is 4. The summed E-state index contributed by atoms with van der Waals surface area (Å²) in [4.78, 5) is 22.3. The van der Waals surface area contributed by atoms with Crippen molar-refractivity contribution < 1.29 is 29.4 Å². The van der Waals surface area contributed by atoms with Crippen molar-refractivity contribution in [1.29, 1.82) is 0 Å². The lowest BCUT2D eigenvalue weighted by Gasteiger charge is -2.12. The van der Waals surface area contributed by atoms with Crippen molar-refractivity contribution in [1.82, 2.24) is 0 Å². The fourth-order valence-corrected chi connectivity index (χ4v) is 2.21. The SMILES string of the molecule is O=P(O)(O)CC[C@@H](O)C[C@@H](O)C=NOCc1ccccc1. The Kier molecular flexibility index (Phi) is 7.56. The van der Waals surface area contributed by atoms with Gasteiger partial charge in [0.1, 0.15) is 6.61 Å². The lowest BCUT2D eigenvalue weighted by molar-refractivity contribution is 0.101. The quantitative estimate of drug-likeness (QED) is 0.305. The Balaban J connectivity index is 2.21. The highest BCUT2D eigenvalue weighted by atomic mass is 31.2. The Bertz CT molecular complexity index is 475. The standard InChI is InChI=1S/C13H20NO6P/c15-12(6-7-21(17,18)19)8-13(16)9-14-20-10-11-4-2-1-3-5-11/h1-5,9,12-13,15-16H,6-8,10H2,(H2,17,18,19)/t12-,13-/m1/s1. The van der Waals surface area contributed by atoms with Gasteiger partial charge >= 0.3 is 7.60 Å². The molecule has 1 aromatic rings. The zero-order valence-electron chi connectivity index (χ0n) is 11.4. The van der Waals surface area contributed by atoms with E-state index in [0.717, 1.165) is 11.8 Å². The molecular formula is C13H20NO6P. The molecule has 0 saturated carbocycles. The first kappa shape index (κ1) is 17.8. The van der Waals surface area contributed by atoms with Gasteiger partial charge in [-0.1, -0.05) is 35.5 Å². The van der Waals surface area contributed by atoms with Crippen LogP contribution < -0.4 is 0 Å². The van der Waals surface area contributed by atoms with Crippen LogP contribution in [0.15, 0.2) is 35.5 Å². The summed E-state index contributed by atoms with van der Waals surface area (Å²) in [6.07, 6.45) is -1.45. The van der Waals surface area contributed by atoms with Crippen LogP contribution >= 0.6 is 7.60 Å². The molecule has 0 aromatic heterocycles. The number of hydrogen-bond acceptors (Lipinski definition) is 5. The van der Waals surface area contributed by atoms with Gasteiger partial charge in [0.2, 0.25) is 0 Å². The zero-order valence-corrected chi connectivity index (χ0v) is 12.3. The first-order valence-corrected chi connectivity index (χ1v) is 8.26. The summed E-state index contributed by atoms with van der Waals surface area (Å²) >= 11 is 0. The Labute approximate surface area is 123 Å². The summed E-state index contributed by atoms with van der Waals surface area (Å²) in [7, 11) is -4.12. The molecule has 118 valence electrons. The van der Waals surface area contributed by atoms with Gasteiger partial charge in [-0.05, 0) is 12.0 Å². The summed E-state index contributed by atoms with van der Waals surface area (Å²) in [6, 6.07) is 9.37. The maximum absolute atomic E-state index is 10.6. The van der Waals surface area contributed by atoms with Gasteiger partial charge in [0.05, 0.1) is 24.6 Å². The summed E-state index contributed by atoms with van der Waals surface area (Å²) in [5.41, 5.74) is 0.936. The smallest absolute Gasteiger partial charge is 0.325 e. The van der Waals surface area contributed by atoms with Gasteiger partial charge in [-0.2, -0.15) is 0 Å². The lowest BCUT2D eigenvalue weighted by Crippen LogP contribution is -2.20. The van der Waals surface area contributed by atoms with Crippen LogP contribution in [0.3, 0.4) is 0 Å². The van der Waals surface area contributed by atoms with Crippen LogP contribution in [-0.2, 0) is 16.0 Å². The molecular weight excluding hydrogens is 297 g/mol. The Hall–Kier alpha value is -1.24. The number of oxime groups is 1. The molecule has 0 spiro atoms. The molecule has 21 heavy (non-hydrogen) atoms. The van der Waals surface area contributed by atoms with Crippen LogP contribution in [0.5, 0.6) is 0 Å². The monoisotopic (exact) mass is 317 g/mol. The topological polar surface area (TPSA) is 120 Å². The number of rotatable bonds is 9. The molecule has 8 heteroatoms. The minimum Gasteiger partial charge on any atom is -0.393 e. The zero-order chi connectivity index (χ0) is 15.7. The van der Waals surface area contributed by atoms with E-state index in [4.69, 9.17) is 14.6 Å². The van der Waals surface area contributed by atoms with Crippen LogP contribution in [0.2, 0.25) is 0 Å².